The molecule has 1 aliphatic rings. The lowest BCUT2D eigenvalue weighted by molar-refractivity contribution is -0.120. The van der Waals surface area contributed by atoms with Gasteiger partial charge in [-0.3, -0.25) is 19.7 Å². The van der Waals surface area contributed by atoms with E-state index >= 15 is 0 Å². The topological polar surface area (TPSA) is 104 Å². The average molecular weight is 508 g/mol. The van der Waals surface area contributed by atoms with Crippen LogP contribution in [0.15, 0.2) is 78.4 Å². The lowest BCUT2D eigenvalue weighted by atomic mass is 10.0. The second-order valence-electron chi connectivity index (χ2n) is 8.21. The van der Waals surface area contributed by atoms with Crippen molar-refractivity contribution in [3.8, 4) is 11.8 Å². The van der Waals surface area contributed by atoms with Gasteiger partial charge in [0.25, 0.3) is 17.7 Å². The largest absolute Gasteiger partial charge is 0.354 e. The van der Waals surface area contributed by atoms with Crippen LogP contribution in [0.2, 0.25) is 0 Å². The number of anilines is 1. The number of hydrogen-bond acceptors (Lipinski definition) is 6. The zero-order valence-electron chi connectivity index (χ0n) is 19.8. The van der Waals surface area contributed by atoms with Crippen LogP contribution in [0.4, 0.5) is 5.13 Å². The predicted octanol–water partition coefficient (Wildman–Crippen LogP) is 3.63. The van der Waals surface area contributed by atoms with Gasteiger partial charge in [0, 0.05) is 48.1 Å². The monoisotopic (exact) mass is 507 g/mol. The Morgan fingerprint density at radius 1 is 1.03 bits per heavy atom. The first-order valence-electron chi connectivity index (χ1n) is 11.4. The lowest BCUT2D eigenvalue weighted by Gasteiger charge is -2.27. The number of nitrogens with one attached hydrogen (secondary N) is 2. The van der Waals surface area contributed by atoms with Crippen LogP contribution in [0.25, 0.3) is 0 Å². The molecule has 1 atom stereocenters. The van der Waals surface area contributed by atoms with Crippen molar-refractivity contribution in [1.29, 1.82) is 0 Å². The summed E-state index contributed by atoms with van der Waals surface area (Å²) in [5.74, 6) is 5.24. The van der Waals surface area contributed by atoms with E-state index in [4.69, 9.17) is 0 Å². The predicted molar refractivity (Wildman–Crippen MR) is 140 cm³/mol. The number of fused-ring (bicyclic) bond motifs is 1. The van der Waals surface area contributed by atoms with Gasteiger partial charge in [-0.2, -0.15) is 0 Å². The molecule has 0 aliphatic carbocycles. The molecule has 0 saturated carbocycles. The SMILES string of the molecule is CNC(=O)c1ccc(C#Cc2ccc3c(c2)C(=O)N(C(C(=O)Nc2nccs2)c2ccccc2)C3)cn1. The maximum absolute atomic E-state index is 13.5. The summed E-state index contributed by atoms with van der Waals surface area (Å²) >= 11 is 1.32. The molecule has 3 amide bonds. The van der Waals surface area contributed by atoms with Crippen molar-refractivity contribution in [3.05, 3.63) is 112 Å². The fraction of sp³-hybridized carbons (Fsp3) is 0.107. The Hall–Kier alpha value is -4.81. The molecular weight excluding hydrogens is 486 g/mol. The molecule has 1 aliphatic heterocycles. The number of hydrogen-bond donors (Lipinski definition) is 2. The third-order valence-corrected chi connectivity index (χ3v) is 6.54. The van der Waals surface area contributed by atoms with Crippen molar-refractivity contribution >= 4 is 34.2 Å². The molecule has 2 aromatic carbocycles. The van der Waals surface area contributed by atoms with Crippen molar-refractivity contribution in [2.75, 3.05) is 12.4 Å². The third kappa shape index (κ3) is 5.10. The summed E-state index contributed by atoms with van der Waals surface area (Å²) in [5.41, 5.74) is 3.67. The maximum atomic E-state index is 13.5. The Morgan fingerprint density at radius 3 is 2.51 bits per heavy atom. The van der Waals surface area contributed by atoms with E-state index in [0.29, 0.717) is 39.6 Å². The number of thiazole rings is 1. The number of aromatic nitrogens is 2. The van der Waals surface area contributed by atoms with Gasteiger partial charge in [0.05, 0.1) is 0 Å². The summed E-state index contributed by atoms with van der Waals surface area (Å²) in [6, 6.07) is 17.2. The fourth-order valence-corrected chi connectivity index (χ4v) is 4.58. The smallest absolute Gasteiger partial charge is 0.269 e. The maximum Gasteiger partial charge on any atom is 0.269 e. The van der Waals surface area contributed by atoms with Crippen LogP contribution in [0.5, 0.6) is 0 Å². The Morgan fingerprint density at radius 2 is 1.81 bits per heavy atom. The number of benzene rings is 2. The van der Waals surface area contributed by atoms with Gasteiger partial charge in [-0.15, -0.1) is 11.3 Å². The standard InChI is InChI=1S/C28H21N5O3S/c1-29-25(34)23-12-10-19(16-31-23)8-7-18-9-11-21-17-33(27(36)22(21)15-18)24(20-5-3-2-4-6-20)26(35)32-28-30-13-14-37-28/h2-6,9-16,24H,17H2,1H3,(H,29,34)(H,30,32,35). The molecule has 2 N–H and O–H groups in total. The van der Waals surface area contributed by atoms with Gasteiger partial charge in [-0.05, 0) is 35.4 Å². The molecule has 0 saturated heterocycles. The van der Waals surface area contributed by atoms with Crippen LogP contribution in [0.3, 0.4) is 0 Å². The summed E-state index contributed by atoms with van der Waals surface area (Å²) in [4.78, 5) is 48.3. The molecule has 0 fully saturated rings. The van der Waals surface area contributed by atoms with E-state index in [0.717, 1.165) is 5.56 Å². The lowest BCUT2D eigenvalue weighted by Crippen LogP contribution is -2.37. The van der Waals surface area contributed by atoms with Crippen molar-refractivity contribution in [2.24, 2.45) is 0 Å². The molecular formula is C28H21N5O3S. The zero-order chi connectivity index (χ0) is 25.8. The number of carbonyl (C=O) groups is 3. The van der Waals surface area contributed by atoms with Crippen LogP contribution in [0, 0.1) is 11.8 Å². The molecule has 1 unspecified atom stereocenters. The molecule has 182 valence electrons. The summed E-state index contributed by atoms with van der Waals surface area (Å²) in [6.07, 6.45) is 3.15. The molecule has 0 radical (unpaired) electrons. The normalized spacial score (nSPS) is 12.8. The Balaban J connectivity index is 1.39. The third-order valence-electron chi connectivity index (χ3n) is 5.85. The molecule has 0 bridgehead atoms. The molecule has 37 heavy (non-hydrogen) atoms. The highest BCUT2D eigenvalue weighted by Crippen LogP contribution is 2.33. The van der Waals surface area contributed by atoms with E-state index in [1.165, 1.54) is 17.5 Å². The average Bonchev–Trinajstić information content (AvgIpc) is 3.56. The Kier molecular flexibility index (Phi) is 6.74. The van der Waals surface area contributed by atoms with Crippen LogP contribution in [-0.4, -0.2) is 39.6 Å². The molecule has 5 rings (SSSR count). The fourth-order valence-electron chi connectivity index (χ4n) is 4.05. The van der Waals surface area contributed by atoms with Crippen LogP contribution in [0.1, 0.15) is 49.1 Å². The van der Waals surface area contributed by atoms with Gasteiger partial charge < -0.3 is 10.2 Å². The summed E-state index contributed by atoms with van der Waals surface area (Å²) in [5, 5.41) is 7.61. The second kappa shape index (κ2) is 10.4. The van der Waals surface area contributed by atoms with Crippen molar-refractivity contribution < 1.29 is 14.4 Å². The number of nitrogens with zero attached hydrogens (tertiary/aromatic N) is 3. The van der Waals surface area contributed by atoms with Gasteiger partial charge >= 0.3 is 0 Å². The molecule has 0 spiro atoms. The summed E-state index contributed by atoms with van der Waals surface area (Å²) < 4.78 is 0. The number of pyridine rings is 1. The highest BCUT2D eigenvalue weighted by atomic mass is 32.1. The summed E-state index contributed by atoms with van der Waals surface area (Å²) in [7, 11) is 1.55. The molecule has 3 heterocycles. The van der Waals surface area contributed by atoms with Crippen LogP contribution < -0.4 is 10.6 Å². The van der Waals surface area contributed by atoms with Crippen molar-refractivity contribution in [1.82, 2.24) is 20.2 Å². The van der Waals surface area contributed by atoms with E-state index in [2.05, 4.69) is 32.4 Å². The van der Waals surface area contributed by atoms with E-state index in [1.54, 1.807) is 41.7 Å². The van der Waals surface area contributed by atoms with E-state index in [9.17, 15) is 14.4 Å². The first-order chi connectivity index (χ1) is 18.0. The van der Waals surface area contributed by atoms with Crippen LogP contribution in [-0.2, 0) is 11.3 Å². The molecule has 8 nitrogen and oxygen atoms in total. The van der Waals surface area contributed by atoms with Gasteiger partial charge in [-0.25, -0.2) is 9.97 Å². The van der Waals surface area contributed by atoms with E-state index in [1.807, 2.05) is 42.5 Å². The minimum atomic E-state index is -0.815. The second-order valence-corrected chi connectivity index (χ2v) is 9.10. The van der Waals surface area contributed by atoms with E-state index < -0.39 is 6.04 Å². The first kappa shape index (κ1) is 23.9. The molecule has 2 aromatic heterocycles. The number of rotatable bonds is 5. The van der Waals surface area contributed by atoms with Crippen LogP contribution >= 0.6 is 11.3 Å². The van der Waals surface area contributed by atoms with Gasteiger partial charge in [0.15, 0.2) is 5.13 Å². The molecule has 4 aromatic rings. The quantitative estimate of drug-likeness (QED) is 0.402. The highest BCUT2D eigenvalue weighted by Gasteiger charge is 2.37. The van der Waals surface area contributed by atoms with Gasteiger partial charge in [0.1, 0.15) is 11.7 Å². The summed E-state index contributed by atoms with van der Waals surface area (Å²) in [6.45, 7) is 0.303. The van der Waals surface area contributed by atoms with Crippen molar-refractivity contribution in [3.63, 3.8) is 0 Å². The minimum absolute atomic E-state index is 0.238. The first-order valence-corrected chi connectivity index (χ1v) is 12.3. The minimum Gasteiger partial charge on any atom is -0.354 e. The Bertz CT molecular complexity index is 1520. The van der Waals surface area contributed by atoms with E-state index in [-0.39, 0.29) is 17.7 Å². The highest BCUT2D eigenvalue weighted by molar-refractivity contribution is 7.13. The van der Waals surface area contributed by atoms with Gasteiger partial charge in [-0.1, -0.05) is 48.2 Å². The Labute approximate surface area is 217 Å². The number of carbonyl (C=O) groups excluding carboxylic acids is 3. The number of amides is 3. The van der Waals surface area contributed by atoms with Crippen molar-refractivity contribution in [2.45, 2.75) is 12.6 Å². The molecule has 9 heteroatoms. The van der Waals surface area contributed by atoms with Gasteiger partial charge in [0.2, 0.25) is 0 Å². The zero-order valence-corrected chi connectivity index (χ0v) is 20.6.